The quantitative estimate of drug-likeness (QED) is 0.679. The van der Waals surface area contributed by atoms with E-state index in [1.807, 2.05) is 24.3 Å². The minimum Gasteiger partial charge on any atom is -0.345 e. The number of nitrogens with zero attached hydrogens (tertiary/aromatic N) is 1. The smallest absolute Gasteiger partial charge is 0.260 e. The third-order valence-electron chi connectivity index (χ3n) is 3.15. The average Bonchev–Trinajstić information content (AvgIpc) is 2.87. The maximum atomic E-state index is 12.0. The molecule has 3 N–H and O–H groups in total. The Morgan fingerprint density at radius 3 is 2.76 bits per heavy atom. The number of hydrogen-bond donors (Lipinski definition) is 3. The molecule has 6 nitrogen and oxygen atoms in total. The fraction of sp³-hybridized carbons (Fsp3) is 0.133. The van der Waals surface area contributed by atoms with Crippen LogP contribution in [0.3, 0.4) is 0 Å². The van der Waals surface area contributed by atoms with Gasteiger partial charge in [-0.05, 0) is 31.2 Å². The molecule has 3 aromatic rings. The lowest BCUT2D eigenvalue weighted by atomic mass is 10.2. The van der Waals surface area contributed by atoms with Crippen LogP contribution in [0, 0.1) is 6.92 Å². The SMILES string of the molecule is Cc1ccc(C(=O)NCc2nc3ccccc3[nH]2)c(=O)[nH]1. The van der Waals surface area contributed by atoms with Gasteiger partial charge in [-0.15, -0.1) is 0 Å². The summed E-state index contributed by atoms with van der Waals surface area (Å²) in [5.41, 5.74) is 2.17. The lowest BCUT2D eigenvalue weighted by Crippen LogP contribution is -2.29. The Balaban J connectivity index is 1.74. The molecule has 1 aromatic carbocycles. The second-order valence-electron chi connectivity index (χ2n) is 4.77. The van der Waals surface area contributed by atoms with Crippen molar-refractivity contribution >= 4 is 16.9 Å². The Morgan fingerprint density at radius 1 is 1.19 bits per heavy atom. The van der Waals surface area contributed by atoms with E-state index in [1.54, 1.807) is 13.0 Å². The van der Waals surface area contributed by atoms with E-state index in [-0.39, 0.29) is 12.1 Å². The van der Waals surface area contributed by atoms with Gasteiger partial charge in [0.2, 0.25) is 0 Å². The third-order valence-corrected chi connectivity index (χ3v) is 3.15. The standard InChI is InChI=1S/C15H14N4O2/c1-9-6-7-10(15(21)17-9)14(20)16-8-13-18-11-4-2-3-5-12(11)19-13/h2-7H,8H2,1H3,(H,16,20)(H,17,21)(H,18,19). The first-order valence-corrected chi connectivity index (χ1v) is 6.55. The van der Waals surface area contributed by atoms with Gasteiger partial charge in [-0.1, -0.05) is 12.1 Å². The molecule has 0 aliphatic rings. The molecule has 0 aliphatic carbocycles. The van der Waals surface area contributed by atoms with Gasteiger partial charge in [0.25, 0.3) is 11.5 Å². The zero-order valence-electron chi connectivity index (χ0n) is 11.4. The van der Waals surface area contributed by atoms with Gasteiger partial charge < -0.3 is 15.3 Å². The molecule has 6 heteroatoms. The summed E-state index contributed by atoms with van der Waals surface area (Å²) in [5, 5.41) is 2.68. The van der Waals surface area contributed by atoms with Gasteiger partial charge in [0, 0.05) is 5.69 Å². The van der Waals surface area contributed by atoms with E-state index in [2.05, 4.69) is 20.3 Å². The largest absolute Gasteiger partial charge is 0.345 e. The summed E-state index contributed by atoms with van der Waals surface area (Å²) in [5.74, 6) is 0.227. The first-order chi connectivity index (χ1) is 10.1. The maximum Gasteiger partial charge on any atom is 0.260 e. The number of aromatic amines is 2. The number of H-pyrrole nitrogens is 2. The van der Waals surface area contributed by atoms with Crippen molar-refractivity contribution in [2.24, 2.45) is 0 Å². The topological polar surface area (TPSA) is 90.6 Å². The Bertz CT molecular complexity index is 830. The van der Waals surface area contributed by atoms with Gasteiger partial charge in [-0.2, -0.15) is 0 Å². The predicted octanol–water partition coefficient (Wildman–Crippen LogP) is 1.49. The molecule has 1 amide bonds. The summed E-state index contributed by atoms with van der Waals surface area (Å²) in [6.45, 7) is 2.00. The molecule has 2 aromatic heterocycles. The predicted molar refractivity (Wildman–Crippen MR) is 79.1 cm³/mol. The highest BCUT2D eigenvalue weighted by Crippen LogP contribution is 2.09. The Morgan fingerprint density at radius 2 is 2.00 bits per heavy atom. The number of rotatable bonds is 3. The van der Waals surface area contributed by atoms with Crippen molar-refractivity contribution in [2.45, 2.75) is 13.5 Å². The second-order valence-corrected chi connectivity index (χ2v) is 4.77. The van der Waals surface area contributed by atoms with Crippen LogP contribution in [-0.2, 0) is 6.54 Å². The molecule has 0 bridgehead atoms. The van der Waals surface area contributed by atoms with E-state index < -0.39 is 11.5 Å². The van der Waals surface area contributed by atoms with Crippen molar-refractivity contribution < 1.29 is 4.79 Å². The number of fused-ring (bicyclic) bond motifs is 1. The molecule has 106 valence electrons. The molecule has 0 aliphatic heterocycles. The summed E-state index contributed by atoms with van der Waals surface area (Å²) in [6, 6.07) is 10.8. The number of aromatic nitrogens is 3. The van der Waals surface area contributed by atoms with E-state index >= 15 is 0 Å². The molecule has 0 spiro atoms. The normalized spacial score (nSPS) is 10.7. The molecular weight excluding hydrogens is 268 g/mol. The summed E-state index contributed by atoms with van der Waals surface area (Å²) >= 11 is 0. The zero-order valence-corrected chi connectivity index (χ0v) is 11.4. The van der Waals surface area contributed by atoms with Crippen LogP contribution >= 0.6 is 0 Å². The van der Waals surface area contributed by atoms with E-state index in [0.29, 0.717) is 11.5 Å². The van der Waals surface area contributed by atoms with Gasteiger partial charge in [0.15, 0.2) is 0 Å². The molecule has 0 unspecified atom stereocenters. The number of hydrogen-bond acceptors (Lipinski definition) is 3. The summed E-state index contributed by atoms with van der Waals surface area (Å²) < 4.78 is 0. The van der Waals surface area contributed by atoms with E-state index in [4.69, 9.17) is 0 Å². The van der Waals surface area contributed by atoms with Gasteiger partial charge in [0.05, 0.1) is 17.6 Å². The lowest BCUT2D eigenvalue weighted by Gasteiger charge is -2.03. The fourth-order valence-corrected chi connectivity index (χ4v) is 2.10. The van der Waals surface area contributed by atoms with Crippen molar-refractivity contribution in [2.75, 3.05) is 0 Å². The Hall–Kier alpha value is -2.89. The number of carbonyl (C=O) groups is 1. The average molecular weight is 282 g/mol. The van der Waals surface area contributed by atoms with Crippen molar-refractivity contribution in [1.82, 2.24) is 20.3 Å². The van der Waals surface area contributed by atoms with Crippen molar-refractivity contribution in [3.05, 3.63) is 63.8 Å². The first-order valence-electron chi connectivity index (χ1n) is 6.55. The van der Waals surface area contributed by atoms with Crippen LogP contribution < -0.4 is 10.9 Å². The first kappa shape index (κ1) is 13.1. The molecule has 0 saturated carbocycles. The number of amides is 1. The Kier molecular flexibility index (Phi) is 3.27. The number of imidazole rings is 1. The number of para-hydroxylation sites is 2. The van der Waals surface area contributed by atoms with Gasteiger partial charge >= 0.3 is 0 Å². The minimum absolute atomic E-state index is 0.0942. The highest BCUT2D eigenvalue weighted by Gasteiger charge is 2.11. The van der Waals surface area contributed by atoms with E-state index in [9.17, 15) is 9.59 Å². The summed E-state index contributed by atoms with van der Waals surface area (Å²) in [7, 11) is 0. The van der Waals surface area contributed by atoms with E-state index in [1.165, 1.54) is 6.07 Å². The van der Waals surface area contributed by atoms with Crippen molar-refractivity contribution in [1.29, 1.82) is 0 Å². The maximum absolute atomic E-state index is 12.0. The molecule has 21 heavy (non-hydrogen) atoms. The highest BCUT2D eigenvalue weighted by molar-refractivity contribution is 5.93. The summed E-state index contributed by atoms with van der Waals surface area (Å²) in [6.07, 6.45) is 0. The fourth-order valence-electron chi connectivity index (χ4n) is 2.10. The van der Waals surface area contributed by atoms with Crippen molar-refractivity contribution in [3.8, 4) is 0 Å². The van der Waals surface area contributed by atoms with Crippen LogP contribution in [0.1, 0.15) is 21.9 Å². The minimum atomic E-state index is -0.420. The summed E-state index contributed by atoms with van der Waals surface area (Å²) in [4.78, 5) is 33.8. The van der Waals surface area contributed by atoms with Crippen LogP contribution in [-0.4, -0.2) is 20.9 Å². The molecule has 3 rings (SSSR count). The molecule has 0 fully saturated rings. The number of carbonyl (C=O) groups excluding carboxylic acids is 1. The number of benzene rings is 1. The molecular formula is C15H14N4O2. The second kappa shape index (κ2) is 5.24. The monoisotopic (exact) mass is 282 g/mol. The third kappa shape index (κ3) is 2.69. The number of pyridine rings is 1. The Labute approximate surface area is 120 Å². The number of nitrogens with one attached hydrogen (secondary N) is 3. The van der Waals surface area contributed by atoms with Gasteiger partial charge in [0.1, 0.15) is 11.4 Å². The van der Waals surface area contributed by atoms with E-state index in [0.717, 1.165) is 11.0 Å². The molecule has 2 heterocycles. The zero-order chi connectivity index (χ0) is 14.8. The van der Waals surface area contributed by atoms with Gasteiger partial charge in [-0.25, -0.2) is 4.98 Å². The van der Waals surface area contributed by atoms with Crippen LogP contribution in [0.25, 0.3) is 11.0 Å². The van der Waals surface area contributed by atoms with Crippen LogP contribution in [0.15, 0.2) is 41.2 Å². The van der Waals surface area contributed by atoms with Crippen LogP contribution in [0.2, 0.25) is 0 Å². The van der Waals surface area contributed by atoms with Crippen LogP contribution in [0.4, 0.5) is 0 Å². The van der Waals surface area contributed by atoms with Gasteiger partial charge in [-0.3, -0.25) is 9.59 Å². The molecule has 0 radical (unpaired) electrons. The molecule has 0 saturated heterocycles. The highest BCUT2D eigenvalue weighted by atomic mass is 16.2. The molecule has 0 atom stereocenters. The van der Waals surface area contributed by atoms with Crippen LogP contribution in [0.5, 0.6) is 0 Å². The van der Waals surface area contributed by atoms with Crippen molar-refractivity contribution in [3.63, 3.8) is 0 Å². The number of aryl methyl sites for hydroxylation is 1. The lowest BCUT2D eigenvalue weighted by molar-refractivity contribution is 0.0948.